The number of rotatable bonds is 9. The molecular weight excluding hydrogens is 228 g/mol. The van der Waals surface area contributed by atoms with E-state index in [4.69, 9.17) is 10.5 Å². The van der Waals surface area contributed by atoms with Crippen LogP contribution in [0.5, 0.6) is 0 Å². The highest BCUT2D eigenvalue weighted by atomic mass is 16.6. The van der Waals surface area contributed by atoms with E-state index in [1.54, 1.807) is 0 Å². The van der Waals surface area contributed by atoms with Crippen molar-refractivity contribution in [2.24, 2.45) is 5.73 Å². The second-order valence-corrected chi connectivity index (χ2v) is 6.26. The largest absolute Gasteiger partial charge is 0.437 e. The number of carbonyl (C=O) groups excluding carboxylic acids is 1. The molecule has 0 aliphatic rings. The maximum atomic E-state index is 11.2. The number of amides is 1. The molecular formula is C14H31N2O2+. The number of nitrogens with two attached hydrogens (primary N) is 1. The zero-order valence-electron chi connectivity index (χ0n) is 12.8. The van der Waals surface area contributed by atoms with Gasteiger partial charge in [0.15, 0.2) is 5.60 Å². The summed E-state index contributed by atoms with van der Waals surface area (Å²) >= 11 is 0. The molecule has 1 amide bonds. The molecule has 0 aliphatic heterocycles. The van der Waals surface area contributed by atoms with Gasteiger partial charge in [-0.3, -0.25) is 0 Å². The van der Waals surface area contributed by atoms with Crippen LogP contribution in [-0.2, 0) is 4.74 Å². The van der Waals surface area contributed by atoms with Crippen LogP contribution in [0.2, 0.25) is 0 Å². The van der Waals surface area contributed by atoms with Crippen LogP contribution in [0.3, 0.4) is 0 Å². The van der Waals surface area contributed by atoms with Crippen molar-refractivity contribution in [3.05, 3.63) is 0 Å². The molecule has 0 heterocycles. The molecule has 0 rings (SSSR count). The van der Waals surface area contributed by atoms with E-state index in [0.29, 0.717) is 0 Å². The Labute approximate surface area is 112 Å². The monoisotopic (exact) mass is 259 g/mol. The molecule has 0 fully saturated rings. The zero-order valence-corrected chi connectivity index (χ0v) is 12.8. The fourth-order valence-corrected chi connectivity index (χ4v) is 2.49. The summed E-state index contributed by atoms with van der Waals surface area (Å²) in [5, 5.41) is 0. The standard InChI is InChI=1S/C14H30N2O2/c1-6-8-10-14(11-9-7-2,18-13(15)17)12-16(3,4)5/h6-12H2,1-5H3,(H-,15,17)/p+1. The zero-order chi connectivity index (χ0) is 14.2. The van der Waals surface area contributed by atoms with Crippen molar-refractivity contribution in [3.8, 4) is 0 Å². The Bertz CT molecular complexity index is 239. The molecule has 0 aromatic carbocycles. The van der Waals surface area contributed by atoms with Gasteiger partial charge in [-0.2, -0.15) is 0 Å². The number of quaternary nitrogens is 1. The third kappa shape index (κ3) is 7.54. The summed E-state index contributed by atoms with van der Waals surface area (Å²) in [6.45, 7) is 5.12. The molecule has 4 heteroatoms. The fourth-order valence-electron chi connectivity index (χ4n) is 2.49. The number of hydrogen-bond acceptors (Lipinski definition) is 2. The van der Waals surface area contributed by atoms with Gasteiger partial charge in [-0.15, -0.1) is 0 Å². The van der Waals surface area contributed by atoms with Crippen LogP contribution >= 0.6 is 0 Å². The fraction of sp³-hybridized carbons (Fsp3) is 0.929. The number of carbonyl (C=O) groups is 1. The SMILES string of the molecule is CCCCC(CCCC)(C[N+](C)(C)C)OC(N)=O. The van der Waals surface area contributed by atoms with E-state index in [0.717, 1.165) is 49.6 Å². The van der Waals surface area contributed by atoms with E-state index in [2.05, 4.69) is 35.0 Å². The normalized spacial score (nSPS) is 12.5. The predicted molar refractivity (Wildman–Crippen MR) is 75.3 cm³/mol. The topological polar surface area (TPSA) is 52.3 Å². The number of hydrogen-bond donors (Lipinski definition) is 1. The molecule has 2 N–H and O–H groups in total. The molecule has 0 atom stereocenters. The van der Waals surface area contributed by atoms with Gasteiger partial charge in [-0.05, 0) is 25.7 Å². The van der Waals surface area contributed by atoms with Crippen molar-refractivity contribution in [3.63, 3.8) is 0 Å². The summed E-state index contributed by atoms with van der Waals surface area (Å²) in [7, 11) is 6.37. The first kappa shape index (κ1) is 17.2. The quantitative estimate of drug-likeness (QED) is 0.647. The van der Waals surface area contributed by atoms with Crippen molar-refractivity contribution >= 4 is 6.09 Å². The lowest BCUT2D eigenvalue weighted by atomic mass is 9.89. The summed E-state index contributed by atoms with van der Waals surface area (Å²) in [5.41, 5.74) is 4.88. The molecule has 4 nitrogen and oxygen atoms in total. The minimum atomic E-state index is -0.643. The lowest BCUT2D eigenvalue weighted by molar-refractivity contribution is -0.877. The third-order valence-electron chi connectivity index (χ3n) is 3.05. The second kappa shape index (κ2) is 7.62. The van der Waals surface area contributed by atoms with Crippen molar-refractivity contribution in [1.82, 2.24) is 0 Å². The summed E-state index contributed by atoms with van der Waals surface area (Å²) in [6, 6.07) is 0. The maximum absolute atomic E-state index is 11.2. The minimum Gasteiger partial charge on any atom is -0.437 e. The number of unbranched alkanes of at least 4 members (excludes halogenated alkanes) is 2. The average molecular weight is 259 g/mol. The van der Waals surface area contributed by atoms with Gasteiger partial charge < -0.3 is 15.0 Å². The van der Waals surface area contributed by atoms with Gasteiger partial charge in [-0.1, -0.05) is 26.7 Å². The molecule has 18 heavy (non-hydrogen) atoms. The number of likely N-dealkylation sites (N-methyl/N-ethyl adjacent to an activating group) is 1. The molecule has 108 valence electrons. The van der Waals surface area contributed by atoms with E-state index in [1.165, 1.54) is 0 Å². The van der Waals surface area contributed by atoms with E-state index < -0.39 is 11.7 Å². The van der Waals surface area contributed by atoms with Crippen LogP contribution in [0, 0.1) is 0 Å². The Morgan fingerprint density at radius 1 is 1.11 bits per heavy atom. The third-order valence-corrected chi connectivity index (χ3v) is 3.05. The van der Waals surface area contributed by atoms with Crippen LogP contribution in [0.4, 0.5) is 4.79 Å². The highest BCUT2D eigenvalue weighted by molar-refractivity contribution is 5.65. The molecule has 0 aliphatic carbocycles. The highest BCUT2D eigenvalue weighted by Crippen LogP contribution is 2.28. The first-order valence-electron chi connectivity index (χ1n) is 7.03. The van der Waals surface area contributed by atoms with Gasteiger partial charge in [0.2, 0.25) is 0 Å². The Hall–Kier alpha value is -0.770. The summed E-state index contributed by atoms with van der Waals surface area (Å²) in [4.78, 5) is 11.2. The van der Waals surface area contributed by atoms with Gasteiger partial charge in [0.25, 0.3) is 0 Å². The van der Waals surface area contributed by atoms with Crippen molar-refractivity contribution in [1.29, 1.82) is 0 Å². The Morgan fingerprint density at radius 2 is 1.56 bits per heavy atom. The van der Waals surface area contributed by atoms with Crippen LogP contribution in [0.1, 0.15) is 52.4 Å². The Kier molecular flexibility index (Phi) is 7.29. The molecule has 0 radical (unpaired) electrons. The molecule has 0 saturated carbocycles. The summed E-state index contributed by atoms with van der Waals surface area (Å²) < 4.78 is 6.32. The minimum absolute atomic E-state index is 0.393. The van der Waals surface area contributed by atoms with Crippen LogP contribution < -0.4 is 5.73 Å². The van der Waals surface area contributed by atoms with E-state index in [-0.39, 0.29) is 0 Å². The second-order valence-electron chi connectivity index (χ2n) is 6.26. The van der Waals surface area contributed by atoms with Crippen LogP contribution in [0.25, 0.3) is 0 Å². The van der Waals surface area contributed by atoms with Gasteiger partial charge in [0, 0.05) is 0 Å². The lowest BCUT2D eigenvalue weighted by Crippen LogP contribution is -2.52. The van der Waals surface area contributed by atoms with Crippen molar-refractivity contribution in [2.75, 3.05) is 27.7 Å². The van der Waals surface area contributed by atoms with Gasteiger partial charge in [0.05, 0.1) is 21.1 Å². The van der Waals surface area contributed by atoms with Gasteiger partial charge >= 0.3 is 6.09 Å². The molecule has 0 bridgehead atoms. The van der Waals surface area contributed by atoms with Gasteiger partial charge in [-0.25, -0.2) is 4.79 Å². The Balaban J connectivity index is 4.91. The smallest absolute Gasteiger partial charge is 0.405 e. The van der Waals surface area contributed by atoms with E-state index >= 15 is 0 Å². The number of ether oxygens (including phenoxy) is 1. The van der Waals surface area contributed by atoms with Crippen molar-refractivity contribution < 1.29 is 14.0 Å². The first-order chi connectivity index (χ1) is 8.24. The van der Waals surface area contributed by atoms with E-state index in [1.807, 2.05) is 0 Å². The molecule has 0 unspecified atom stereocenters. The Morgan fingerprint density at radius 3 is 1.83 bits per heavy atom. The molecule has 0 spiro atoms. The van der Waals surface area contributed by atoms with Crippen molar-refractivity contribution in [2.45, 2.75) is 58.0 Å². The van der Waals surface area contributed by atoms with E-state index in [9.17, 15) is 4.79 Å². The maximum Gasteiger partial charge on any atom is 0.405 e. The molecule has 0 aromatic rings. The lowest BCUT2D eigenvalue weighted by Gasteiger charge is -2.38. The van der Waals surface area contributed by atoms with Crippen LogP contribution in [0.15, 0.2) is 0 Å². The summed E-state index contributed by atoms with van der Waals surface area (Å²) in [5.74, 6) is 0. The first-order valence-corrected chi connectivity index (χ1v) is 7.03. The molecule has 0 aromatic heterocycles. The summed E-state index contributed by atoms with van der Waals surface area (Å²) in [6.07, 6.45) is 5.51. The van der Waals surface area contributed by atoms with Gasteiger partial charge in [0.1, 0.15) is 6.54 Å². The average Bonchev–Trinajstić information content (AvgIpc) is 2.20. The predicted octanol–water partition coefficient (Wildman–Crippen LogP) is 2.91. The van der Waals surface area contributed by atoms with Crippen LogP contribution in [-0.4, -0.2) is 43.9 Å². The number of primary amides is 1. The number of nitrogens with zero attached hydrogens (tertiary/aromatic N) is 1. The highest BCUT2D eigenvalue weighted by Gasteiger charge is 2.38. The molecule has 0 saturated heterocycles.